The molecule has 5 nitrogen and oxygen atoms in total. The lowest BCUT2D eigenvalue weighted by atomic mass is 9.83. The molecule has 108 valence electrons. The topological polar surface area (TPSA) is 68.2 Å². The summed E-state index contributed by atoms with van der Waals surface area (Å²) in [5, 5.41) is 3.97. The number of aromatic nitrogens is 2. The predicted octanol–water partition coefficient (Wildman–Crippen LogP) is 1.97. The predicted molar refractivity (Wildman–Crippen MR) is 74.6 cm³/mol. The van der Waals surface area contributed by atoms with Crippen LogP contribution in [0.3, 0.4) is 0 Å². The SMILES string of the molecule is CCc1noc(CN(CC)C2CCCCC2CN)n1. The zero-order chi connectivity index (χ0) is 13.7. The van der Waals surface area contributed by atoms with Crippen LogP contribution >= 0.6 is 0 Å². The van der Waals surface area contributed by atoms with Gasteiger partial charge in [0.05, 0.1) is 6.54 Å². The van der Waals surface area contributed by atoms with E-state index in [-0.39, 0.29) is 0 Å². The van der Waals surface area contributed by atoms with Gasteiger partial charge in [-0.2, -0.15) is 4.98 Å². The highest BCUT2D eigenvalue weighted by atomic mass is 16.5. The zero-order valence-corrected chi connectivity index (χ0v) is 12.1. The van der Waals surface area contributed by atoms with Crippen LogP contribution in [-0.4, -0.2) is 34.2 Å². The number of hydrogen-bond donors (Lipinski definition) is 1. The number of nitrogens with zero attached hydrogens (tertiary/aromatic N) is 3. The van der Waals surface area contributed by atoms with Gasteiger partial charge in [-0.25, -0.2) is 0 Å². The van der Waals surface area contributed by atoms with Crippen LogP contribution in [0.5, 0.6) is 0 Å². The molecule has 5 heteroatoms. The average molecular weight is 266 g/mol. The van der Waals surface area contributed by atoms with E-state index < -0.39 is 0 Å². The van der Waals surface area contributed by atoms with Gasteiger partial charge in [-0.15, -0.1) is 0 Å². The second-order valence-electron chi connectivity index (χ2n) is 5.37. The molecule has 1 aromatic heterocycles. The number of nitrogens with two attached hydrogens (primary N) is 1. The first-order valence-corrected chi connectivity index (χ1v) is 7.54. The highest BCUT2D eigenvalue weighted by Crippen LogP contribution is 2.28. The molecule has 2 N–H and O–H groups in total. The number of hydrogen-bond acceptors (Lipinski definition) is 5. The molecule has 0 bridgehead atoms. The smallest absolute Gasteiger partial charge is 0.240 e. The largest absolute Gasteiger partial charge is 0.338 e. The van der Waals surface area contributed by atoms with E-state index in [1.54, 1.807) is 0 Å². The van der Waals surface area contributed by atoms with Gasteiger partial charge in [-0.05, 0) is 31.8 Å². The highest BCUT2D eigenvalue weighted by Gasteiger charge is 2.29. The van der Waals surface area contributed by atoms with E-state index in [0.29, 0.717) is 12.0 Å². The summed E-state index contributed by atoms with van der Waals surface area (Å²) in [6.45, 7) is 6.78. The third kappa shape index (κ3) is 3.54. The second-order valence-corrected chi connectivity index (χ2v) is 5.37. The number of aryl methyl sites for hydroxylation is 1. The van der Waals surface area contributed by atoms with Crippen molar-refractivity contribution in [3.8, 4) is 0 Å². The summed E-state index contributed by atoms with van der Waals surface area (Å²) in [7, 11) is 0. The zero-order valence-electron chi connectivity index (χ0n) is 12.1. The Bertz CT molecular complexity index is 379. The van der Waals surface area contributed by atoms with Crippen molar-refractivity contribution in [1.29, 1.82) is 0 Å². The molecule has 2 unspecified atom stereocenters. The Balaban J connectivity index is 2.01. The van der Waals surface area contributed by atoms with Crippen molar-refractivity contribution < 1.29 is 4.52 Å². The molecular formula is C14H26N4O. The molecule has 1 aromatic rings. The molecule has 1 fully saturated rings. The molecule has 0 aromatic carbocycles. The molecule has 0 saturated heterocycles. The maximum Gasteiger partial charge on any atom is 0.240 e. The van der Waals surface area contributed by atoms with Gasteiger partial charge in [-0.1, -0.05) is 31.8 Å². The third-order valence-corrected chi connectivity index (χ3v) is 4.21. The molecule has 1 aliphatic carbocycles. The van der Waals surface area contributed by atoms with Crippen LogP contribution in [0.1, 0.15) is 51.2 Å². The molecular weight excluding hydrogens is 240 g/mol. The summed E-state index contributed by atoms with van der Waals surface area (Å²) in [5.41, 5.74) is 5.93. The highest BCUT2D eigenvalue weighted by molar-refractivity contribution is 4.89. The molecule has 0 radical (unpaired) electrons. The summed E-state index contributed by atoms with van der Waals surface area (Å²) < 4.78 is 5.31. The monoisotopic (exact) mass is 266 g/mol. The van der Waals surface area contributed by atoms with Gasteiger partial charge in [0, 0.05) is 12.5 Å². The fraction of sp³-hybridized carbons (Fsp3) is 0.857. The minimum Gasteiger partial charge on any atom is -0.338 e. The third-order valence-electron chi connectivity index (χ3n) is 4.21. The van der Waals surface area contributed by atoms with Crippen LogP contribution in [0.2, 0.25) is 0 Å². The van der Waals surface area contributed by atoms with E-state index in [0.717, 1.165) is 37.8 Å². The van der Waals surface area contributed by atoms with Gasteiger partial charge >= 0.3 is 0 Å². The normalized spacial score (nSPS) is 24.0. The van der Waals surface area contributed by atoms with Gasteiger partial charge in [0.1, 0.15) is 0 Å². The van der Waals surface area contributed by atoms with Crippen molar-refractivity contribution in [2.45, 2.75) is 58.5 Å². The molecule has 0 spiro atoms. The minimum absolute atomic E-state index is 0.570. The standard InChI is InChI=1S/C14H26N4O/c1-3-13-16-14(19-17-13)10-18(4-2)12-8-6-5-7-11(12)9-15/h11-12H,3-10,15H2,1-2H3. The lowest BCUT2D eigenvalue weighted by Gasteiger charge is -2.38. The van der Waals surface area contributed by atoms with Crippen LogP contribution in [-0.2, 0) is 13.0 Å². The second kappa shape index (κ2) is 7.01. The maximum absolute atomic E-state index is 5.93. The molecule has 19 heavy (non-hydrogen) atoms. The van der Waals surface area contributed by atoms with E-state index >= 15 is 0 Å². The molecule has 1 aliphatic rings. The molecule has 0 amide bonds. The van der Waals surface area contributed by atoms with Gasteiger partial charge in [0.25, 0.3) is 0 Å². The molecule has 0 aliphatic heterocycles. The first-order valence-electron chi connectivity index (χ1n) is 7.54. The van der Waals surface area contributed by atoms with Crippen molar-refractivity contribution in [2.24, 2.45) is 11.7 Å². The Morgan fingerprint density at radius 2 is 2.11 bits per heavy atom. The maximum atomic E-state index is 5.93. The van der Waals surface area contributed by atoms with Crippen molar-refractivity contribution >= 4 is 0 Å². The molecule has 1 heterocycles. The van der Waals surface area contributed by atoms with E-state index in [1.807, 2.05) is 6.92 Å². The Hall–Kier alpha value is -0.940. The lowest BCUT2D eigenvalue weighted by Crippen LogP contribution is -2.44. The summed E-state index contributed by atoms with van der Waals surface area (Å²) in [5.74, 6) is 2.15. The van der Waals surface area contributed by atoms with E-state index in [4.69, 9.17) is 10.3 Å². The average Bonchev–Trinajstić information content (AvgIpc) is 2.92. The van der Waals surface area contributed by atoms with Crippen molar-refractivity contribution in [2.75, 3.05) is 13.1 Å². The van der Waals surface area contributed by atoms with E-state index in [1.165, 1.54) is 25.7 Å². The fourth-order valence-corrected chi connectivity index (χ4v) is 3.08. The van der Waals surface area contributed by atoms with E-state index in [2.05, 4.69) is 22.0 Å². The van der Waals surface area contributed by atoms with E-state index in [9.17, 15) is 0 Å². The molecule has 1 saturated carbocycles. The van der Waals surface area contributed by atoms with Crippen molar-refractivity contribution in [3.05, 3.63) is 11.7 Å². The Morgan fingerprint density at radius 3 is 2.74 bits per heavy atom. The number of rotatable bonds is 6. The quantitative estimate of drug-likeness (QED) is 0.852. The minimum atomic E-state index is 0.570. The van der Waals surface area contributed by atoms with Gasteiger partial charge in [0.2, 0.25) is 5.89 Å². The van der Waals surface area contributed by atoms with Crippen LogP contribution in [0, 0.1) is 5.92 Å². The lowest BCUT2D eigenvalue weighted by molar-refractivity contribution is 0.0942. The first-order chi connectivity index (χ1) is 9.28. The summed E-state index contributed by atoms with van der Waals surface area (Å²) >= 11 is 0. The fourth-order valence-electron chi connectivity index (χ4n) is 3.08. The Labute approximate surface area is 115 Å². The first kappa shape index (κ1) is 14.5. The van der Waals surface area contributed by atoms with Gasteiger partial charge < -0.3 is 10.3 Å². The Kier molecular flexibility index (Phi) is 5.34. The van der Waals surface area contributed by atoms with Crippen LogP contribution in [0.25, 0.3) is 0 Å². The van der Waals surface area contributed by atoms with Crippen LogP contribution in [0.15, 0.2) is 4.52 Å². The summed E-state index contributed by atoms with van der Waals surface area (Å²) in [6, 6.07) is 0.570. The molecule has 2 atom stereocenters. The summed E-state index contributed by atoms with van der Waals surface area (Å²) in [4.78, 5) is 6.86. The molecule has 2 rings (SSSR count). The van der Waals surface area contributed by atoms with Gasteiger partial charge in [-0.3, -0.25) is 4.90 Å². The van der Waals surface area contributed by atoms with Crippen molar-refractivity contribution in [3.63, 3.8) is 0 Å². The van der Waals surface area contributed by atoms with Crippen LogP contribution < -0.4 is 5.73 Å². The summed E-state index contributed by atoms with van der Waals surface area (Å²) in [6.07, 6.45) is 5.94. The van der Waals surface area contributed by atoms with Crippen LogP contribution in [0.4, 0.5) is 0 Å². The Morgan fingerprint density at radius 1 is 1.32 bits per heavy atom. The van der Waals surface area contributed by atoms with Gasteiger partial charge in [0.15, 0.2) is 5.82 Å². The van der Waals surface area contributed by atoms with Crippen molar-refractivity contribution in [1.82, 2.24) is 15.0 Å².